The Labute approximate surface area is 156 Å². The van der Waals surface area contributed by atoms with Gasteiger partial charge >= 0.3 is 0 Å². The highest BCUT2D eigenvalue weighted by atomic mass is 127. The first-order valence-electron chi connectivity index (χ1n) is 8.23. The van der Waals surface area contributed by atoms with Crippen molar-refractivity contribution in [2.45, 2.75) is 39.3 Å². The van der Waals surface area contributed by atoms with E-state index in [2.05, 4.69) is 34.4 Å². The smallest absolute Gasteiger partial charge is 0.191 e. The zero-order valence-corrected chi connectivity index (χ0v) is 16.3. The molecule has 6 heteroatoms. The lowest BCUT2D eigenvalue weighted by Gasteiger charge is -2.24. The Kier molecular flexibility index (Phi) is 9.47. The molecule has 0 spiro atoms. The quantitative estimate of drug-likeness (QED) is 0.411. The predicted molar refractivity (Wildman–Crippen MR) is 105 cm³/mol. The summed E-state index contributed by atoms with van der Waals surface area (Å²) >= 11 is 0. The van der Waals surface area contributed by atoms with Crippen LogP contribution < -0.4 is 10.6 Å². The number of guanidine groups is 1. The molecule has 1 atom stereocenters. The van der Waals surface area contributed by atoms with Gasteiger partial charge in [-0.2, -0.15) is 0 Å². The van der Waals surface area contributed by atoms with Crippen molar-refractivity contribution in [3.8, 4) is 0 Å². The number of nitrogens with zero attached hydrogens (tertiary/aromatic N) is 2. The molecule has 0 saturated carbocycles. The molecule has 1 fully saturated rings. The van der Waals surface area contributed by atoms with E-state index in [0.29, 0.717) is 12.6 Å². The number of hydrogen-bond acceptors (Lipinski definition) is 2. The van der Waals surface area contributed by atoms with Gasteiger partial charge in [-0.25, -0.2) is 9.38 Å². The molecular formula is C17H28FIN4. The largest absolute Gasteiger partial charge is 0.357 e. The van der Waals surface area contributed by atoms with Crippen LogP contribution in [0.4, 0.5) is 4.39 Å². The number of likely N-dealkylation sites (tertiary alicyclic amines) is 1. The predicted octanol–water partition coefficient (Wildman–Crippen LogP) is 2.98. The third-order valence-corrected chi connectivity index (χ3v) is 4.09. The summed E-state index contributed by atoms with van der Waals surface area (Å²) in [6.07, 6.45) is 2.53. The molecule has 4 nitrogen and oxygen atoms in total. The minimum absolute atomic E-state index is 0. The monoisotopic (exact) mass is 434 g/mol. The molecule has 0 aromatic heterocycles. The van der Waals surface area contributed by atoms with Crippen LogP contribution in [0.3, 0.4) is 0 Å². The Balaban J connectivity index is 0.00000264. The van der Waals surface area contributed by atoms with Gasteiger partial charge in [0.25, 0.3) is 0 Å². The van der Waals surface area contributed by atoms with E-state index in [0.717, 1.165) is 31.2 Å². The summed E-state index contributed by atoms with van der Waals surface area (Å²) in [7, 11) is 0. The van der Waals surface area contributed by atoms with Gasteiger partial charge in [0.1, 0.15) is 5.82 Å². The second kappa shape index (κ2) is 10.8. The summed E-state index contributed by atoms with van der Waals surface area (Å²) in [5.41, 5.74) is 1.01. The van der Waals surface area contributed by atoms with E-state index in [4.69, 9.17) is 0 Å². The number of likely N-dealkylation sites (N-methyl/N-ethyl adjacent to an activating group) is 1. The van der Waals surface area contributed by atoms with Crippen molar-refractivity contribution in [1.82, 2.24) is 15.5 Å². The molecule has 0 radical (unpaired) electrons. The van der Waals surface area contributed by atoms with E-state index in [1.54, 1.807) is 12.1 Å². The van der Waals surface area contributed by atoms with Crippen molar-refractivity contribution in [3.05, 3.63) is 35.6 Å². The molecule has 0 aliphatic carbocycles. The van der Waals surface area contributed by atoms with Gasteiger partial charge in [0, 0.05) is 19.1 Å². The Morgan fingerprint density at radius 2 is 2.00 bits per heavy atom. The fourth-order valence-corrected chi connectivity index (χ4v) is 2.86. The van der Waals surface area contributed by atoms with E-state index in [9.17, 15) is 4.39 Å². The van der Waals surface area contributed by atoms with Crippen molar-refractivity contribution in [1.29, 1.82) is 0 Å². The second-order valence-electron chi connectivity index (χ2n) is 5.63. The maximum atomic E-state index is 12.9. The van der Waals surface area contributed by atoms with E-state index in [1.807, 2.05) is 0 Å². The molecule has 130 valence electrons. The third-order valence-electron chi connectivity index (χ3n) is 4.09. The first-order valence-corrected chi connectivity index (χ1v) is 8.23. The Morgan fingerprint density at radius 3 is 2.65 bits per heavy atom. The Hall–Kier alpha value is -0.890. The summed E-state index contributed by atoms with van der Waals surface area (Å²) in [6.45, 7) is 8.88. The first-order chi connectivity index (χ1) is 10.7. The standard InChI is InChI=1S/C17H27FN4.HI/c1-3-19-17(20-12-14-7-9-15(18)10-8-14)21-13-16-6-5-11-22(16)4-2;/h7-10,16H,3-6,11-13H2,1-2H3,(H2,19,20,21);1H. The van der Waals surface area contributed by atoms with Crippen LogP contribution in [0.25, 0.3) is 0 Å². The molecule has 1 aromatic carbocycles. The molecule has 1 heterocycles. The lowest BCUT2D eigenvalue weighted by Crippen LogP contribution is -2.44. The second-order valence-corrected chi connectivity index (χ2v) is 5.63. The van der Waals surface area contributed by atoms with Crippen LogP contribution in [0.2, 0.25) is 0 Å². The summed E-state index contributed by atoms with van der Waals surface area (Å²) in [6, 6.07) is 7.10. The van der Waals surface area contributed by atoms with Gasteiger partial charge in [0.2, 0.25) is 0 Å². The van der Waals surface area contributed by atoms with E-state index >= 15 is 0 Å². The number of benzene rings is 1. The van der Waals surface area contributed by atoms with Crippen molar-refractivity contribution >= 4 is 29.9 Å². The molecule has 1 saturated heterocycles. The molecule has 0 bridgehead atoms. The molecule has 2 N–H and O–H groups in total. The van der Waals surface area contributed by atoms with Gasteiger partial charge in [-0.05, 0) is 50.6 Å². The van der Waals surface area contributed by atoms with Crippen LogP contribution in [-0.4, -0.2) is 43.1 Å². The lowest BCUT2D eigenvalue weighted by molar-refractivity contribution is 0.267. The van der Waals surface area contributed by atoms with Gasteiger partial charge < -0.3 is 10.6 Å². The van der Waals surface area contributed by atoms with Gasteiger partial charge in [0.15, 0.2) is 5.96 Å². The van der Waals surface area contributed by atoms with Gasteiger partial charge in [-0.1, -0.05) is 19.1 Å². The summed E-state index contributed by atoms with van der Waals surface area (Å²) in [5.74, 6) is 0.619. The van der Waals surface area contributed by atoms with Crippen LogP contribution in [0.15, 0.2) is 29.3 Å². The first kappa shape index (κ1) is 20.2. The molecular weight excluding hydrogens is 406 g/mol. The van der Waals surface area contributed by atoms with Crippen LogP contribution in [0.1, 0.15) is 32.3 Å². The molecule has 23 heavy (non-hydrogen) atoms. The van der Waals surface area contributed by atoms with Crippen molar-refractivity contribution < 1.29 is 4.39 Å². The molecule has 1 aliphatic heterocycles. The average molecular weight is 434 g/mol. The molecule has 1 unspecified atom stereocenters. The van der Waals surface area contributed by atoms with E-state index < -0.39 is 0 Å². The summed E-state index contributed by atoms with van der Waals surface area (Å²) < 4.78 is 12.9. The minimum Gasteiger partial charge on any atom is -0.357 e. The number of hydrogen-bond donors (Lipinski definition) is 2. The summed E-state index contributed by atoms with van der Waals surface area (Å²) in [5, 5.41) is 6.70. The lowest BCUT2D eigenvalue weighted by atomic mass is 10.2. The number of aliphatic imine (C=N–C) groups is 1. The highest BCUT2D eigenvalue weighted by Crippen LogP contribution is 2.15. The normalized spacial score (nSPS) is 18.6. The minimum atomic E-state index is -0.210. The van der Waals surface area contributed by atoms with Crippen LogP contribution in [0, 0.1) is 5.82 Å². The van der Waals surface area contributed by atoms with Crippen LogP contribution in [-0.2, 0) is 6.54 Å². The SMILES string of the molecule is CCNC(=NCc1ccc(F)cc1)NCC1CCCN1CC.I. The Morgan fingerprint density at radius 1 is 1.26 bits per heavy atom. The van der Waals surface area contributed by atoms with Gasteiger partial charge in [0.05, 0.1) is 6.54 Å². The maximum Gasteiger partial charge on any atom is 0.191 e. The fraction of sp³-hybridized carbons (Fsp3) is 0.588. The molecule has 1 aromatic rings. The van der Waals surface area contributed by atoms with Gasteiger partial charge in [-0.3, -0.25) is 4.90 Å². The zero-order valence-electron chi connectivity index (χ0n) is 14.0. The molecule has 1 aliphatic rings. The third kappa shape index (κ3) is 6.63. The van der Waals surface area contributed by atoms with Crippen LogP contribution in [0.5, 0.6) is 0 Å². The van der Waals surface area contributed by atoms with Crippen LogP contribution >= 0.6 is 24.0 Å². The number of halogens is 2. The van der Waals surface area contributed by atoms with Gasteiger partial charge in [-0.15, -0.1) is 24.0 Å². The highest BCUT2D eigenvalue weighted by Gasteiger charge is 2.22. The van der Waals surface area contributed by atoms with Crippen molar-refractivity contribution in [3.63, 3.8) is 0 Å². The summed E-state index contributed by atoms with van der Waals surface area (Å²) in [4.78, 5) is 7.09. The highest BCUT2D eigenvalue weighted by molar-refractivity contribution is 14.0. The van der Waals surface area contributed by atoms with E-state index in [-0.39, 0.29) is 29.8 Å². The molecule has 0 amide bonds. The zero-order chi connectivity index (χ0) is 15.8. The Bertz CT molecular complexity index is 478. The van der Waals surface area contributed by atoms with Crippen molar-refractivity contribution in [2.24, 2.45) is 4.99 Å². The number of rotatable bonds is 6. The van der Waals surface area contributed by atoms with Crippen molar-refractivity contribution in [2.75, 3.05) is 26.2 Å². The average Bonchev–Trinajstić information content (AvgIpc) is 2.99. The number of nitrogens with one attached hydrogen (secondary N) is 2. The fourth-order valence-electron chi connectivity index (χ4n) is 2.86. The maximum absolute atomic E-state index is 12.9. The van der Waals surface area contributed by atoms with E-state index in [1.165, 1.54) is 31.5 Å². The topological polar surface area (TPSA) is 39.7 Å². The molecule has 2 rings (SSSR count).